The van der Waals surface area contributed by atoms with Crippen LogP contribution in [0.3, 0.4) is 0 Å². The van der Waals surface area contributed by atoms with Crippen LogP contribution in [0.15, 0.2) is 0 Å². The van der Waals surface area contributed by atoms with Crippen LogP contribution in [-0.2, 0) is 0 Å². The third-order valence-electron chi connectivity index (χ3n) is 3.35. The molecule has 2 heteroatoms. The van der Waals surface area contributed by atoms with Crippen molar-refractivity contribution in [1.82, 2.24) is 5.43 Å². The lowest BCUT2D eigenvalue weighted by Gasteiger charge is -2.36. The molecule has 0 aromatic heterocycles. The van der Waals surface area contributed by atoms with Crippen molar-refractivity contribution in [3.05, 3.63) is 0 Å². The Morgan fingerprint density at radius 1 is 1.33 bits per heavy atom. The van der Waals surface area contributed by atoms with Crippen LogP contribution in [-0.4, -0.2) is 6.04 Å². The minimum atomic E-state index is 0.487. The Hall–Kier alpha value is -0.0800. The molecule has 1 atom stereocenters. The number of hydrogen-bond acceptors (Lipinski definition) is 2. The molecule has 1 unspecified atom stereocenters. The Morgan fingerprint density at radius 2 is 1.83 bits per heavy atom. The van der Waals surface area contributed by atoms with Gasteiger partial charge in [-0.05, 0) is 43.9 Å². The molecule has 1 aliphatic carbocycles. The maximum atomic E-state index is 5.42. The van der Waals surface area contributed by atoms with Gasteiger partial charge in [0.05, 0.1) is 0 Å². The lowest BCUT2D eigenvalue weighted by atomic mass is 9.71. The van der Waals surface area contributed by atoms with E-state index in [1.807, 2.05) is 0 Å². The number of nitrogens with two attached hydrogens (primary N) is 1. The Balaban J connectivity index is 2.36. The van der Waals surface area contributed by atoms with Gasteiger partial charge >= 0.3 is 0 Å². The molecular formula is C10H22N2. The molecule has 1 fully saturated rings. The monoisotopic (exact) mass is 170 g/mol. The van der Waals surface area contributed by atoms with Crippen molar-refractivity contribution < 1.29 is 0 Å². The van der Waals surface area contributed by atoms with Crippen LogP contribution >= 0.6 is 0 Å². The minimum Gasteiger partial charge on any atom is -0.271 e. The van der Waals surface area contributed by atoms with E-state index < -0.39 is 0 Å². The normalized spacial score (nSPS) is 27.0. The second-order valence-electron chi connectivity index (χ2n) is 4.96. The van der Waals surface area contributed by atoms with Crippen molar-refractivity contribution in [1.29, 1.82) is 0 Å². The van der Waals surface area contributed by atoms with Gasteiger partial charge in [0.15, 0.2) is 0 Å². The maximum Gasteiger partial charge on any atom is 0.0210 e. The Morgan fingerprint density at radius 3 is 2.25 bits per heavy atom. The largest absolute Gasteiger partial charge is 0.271 e. The molecule has 0 heterocycles. The van der Waals surface area contributed by atoms with Crippen LogP contribution in [0.2, 0.25) is 0 Å². The highest BCUT2D eigenvalue weighted by Crippen LogP contribution is 2.38. The predicted molar refractivity (Wildman–Crippen MR) is 52.5 cm³/mol. The average Bonchev–Trinajstić information content (AvgIpc) is 2.03. The van der Waals surface area contributed by atoms with Gasteiger partial charge in [0.25, 0.3) is 0 Å². The standard InChI is InChI=1S/C10H22N2/c1-8(12-11)9-4-6-10(2,3)7-5-9/h8-9,12H,4-7,11H2,1-3H3. The lowest BCUT2D eigenvalue weighted by Crippen LogP contribution is -2.40. The highest BCUT2D eigenvalue weighted by molar-refractivity contribution is 4.82. The van der Waals surface area contributed by atoms with E-state index >= 15 is 0 Å². The van der Waals surface area contributed by atoms with Crippen molar-refractivity contribution in [3.63, 3.8) is 0 Å². The highest BCUT2D eigenvalue weighted by Gasteiger charge is 2.28. The van der Waals surface area contributed by atoms with Gasteiger partial charge in [-0.25, -0.2) is 0 Å². The summed E-state index contributed by atoms with van der Waals surface area (Å²) in [4.78, 5) is 0. The van der Waals surface area contributed by atoms with Crippen LogP contribution in [0.25, 0.3) is 0 Å². The summed E-state index contributed by atoms with van der Waals surface area (Å²) < 4.78 is 0. The van der Waals surface area contributed by atoms with E-state index in [1.165, 1.54) is 25.7 Å². The van der Waals surface area contributed by atoms with Crippen LogP contribution in [0.4, 0.5) is 0 Å². The fourth-order valence-electron chi connectivity index (χ4n) is 2.06. The predicted octanol–water partition coefficient (Wildman–Crippen LogP) is 2.05. The first-order valence-electron chi connectivity index (χ1n) is 5.01. The summed E-state index contributed by atoms with van der Waals surface area (Å²) in [5.41, 5.74) is 3.44. The first-order chi connectivity index (χ1) is 5.55. The van der Waals surface area contributed by atoms with E-state index in [0.717, 1.165) is 5.92 Å². The van der Waals surface area contributed by atoms with Crippen molar-refractivity contribution in [3.8, 4) is 0 Å². The summed E-state index contributed by atoms with van der Waals surface area (Å²) in [6, 6.07) is 0.487. The molecular weight excluding hydrogens is 148 g/mol. The molecule has 72 valence electrons. The fraction of sp³-hybridized carbons (Fsp3) is 1.00. The molecule has 0 spiro atoms. The van der Waals surface area contributed by atoms with Gasteiger partial charge in [-0.2, -0.15) is 0 Å². The molecule has 1 saturated carbocycles. The first-order valence-corrected chi connectivity index (χ1v) is 5.01. The SMILES string of the molecule is CC(NN)C1CCC(C)(C)CC1. The van der Waals surface area contributed by atoms with E-state index in [4.69, 9.17) is 5.84 Å². The van der Waals surface area contributed by atoms with Crippen molar-refractivity contribution in [2.45, 2.75) is 52.5 Å². The quantitative estimate of drug-likeness (QED) is 0.492. The van der Waals surface area contributed by atoms with Crippen molar-refractivity contribution in [2.24, 2.45) is 17.2 Å². The molecule has 0 aromatic carbocycles. The average molecular weight is 170 g/mol. The molecule has 1 aliphatic rings. The minimum absolute atomic E-state index is 0.487. The zero-order chi connectivity index (χ0) is 9.19. The van der Waals surface area contributed by atoms with Crippen LogP contribution < -0.4 is 11.3 Å². The summed E-state index contributed by atoms with van der Waals surface area (Å²) in [5.74, 6) is 6.21. The van der Waals surface area contributed by atoms with Crippen LogP contribution in [0.5, 0.6) is 0 Å². The van der Waals surface area contributed by atoms with E-state index in [1.54, 1.807) is 0 Å². The summed E-state index contributed by atoms with van der Waals surface area (Å²) in [6.45, 7) is 6.91. The summed E-state index contributed by atoms with van der Waals surface area (Å²) in [5, 5.41) is 0. The Kier molecular flexibility index (Phi) is 3.13. The van der Waals surface area contributed by atoms with E-state index in [0.29, 0.717) is 11.5 Å². The van der Waals surface area contributed by atoms with Gasteiger partial charge in [0, 0.05) is 6.04 Å². The number of rotatable bonds is 2. The van der Waals surface area contributed by atoms with Crippen LogP contribution in [0, 0.1) is 11.3 Å². The molecule has 0 amide bonds. The van der Waals surface area contributed by atoms with Crippen molar-refractivity contribution >= 4 is 0 Å². The molecule has 0 aliphatic heterocycles. The molecule has 0 saturated heterocycles. The second-order valence-corrected chi connectivity index (χ2v) is 4.96. The number of nitrogens with one attached hydrogen (secondary N) is 1. The van der Waals surface area contributed by atoms with Gasteiger partial charge in [0.1, 0.15) is 0 Å². The van der Waals surface area contributed by atoms with Crippen LogP contribution in [0.1, 0.15) is 46.5 Å². The Labute approximate surface area is 75.9 Å². The maximum absolute atomic E-state index is 5.42. The highest BCUT2D eigenvalue weighted by atomic mass is 15.2. The van der Waals surface area contributed by atoms with Gasteiger partial charge in [-0.1, -0.05) is 13.8 Å². The van der Waals surface area contributed by atoms with Gasteiger partial charge in [-0.3, -0.25) is 11.3 Å². The smallest absolute Gasteiger partial charge is 0.0210 e. The van der Waals surface area contributed by atoms with E-state index in [2.05, 4.69) is 26.2 Å². The number of hydrogen-bond donors (Lipinski definition) is 2. The molecule has 0 bridgehead atoms. The molecule has 2 nitrogen and oxygen atoms in total. The number of hydrazine groups is 1. The summed E-state index contributed by atoms with van der Waals surface area (Å²) >= 11 is 0. The Bertz CT molecular complexity index is 133. The van der Waals surface area contributed by atoms with Gasteiger partial charge < -0.3 is 0 Å². The third-order valence-corrected chi connectivity index (χ3v) is 3.35. The zero-order valence-corrected chi connectivity index (χ0v) is 8.56. The zero-order valence-electron chi connectivity index (χ0n) is 8.56. The fourth-order valence-corrected chi connectivity index (χ4v) is 2.06. The third kappa shape index (κ3) is 2.46. The second kappa shape index (κ2) is 3.75. The van der Waals surface area contributed by atoms with Crippen molar-refractivity contribution in [2.75, 3.05) is 0 Å². The lowest BCUT2D eigenvalue weighted by molar-refractivity contribution is 0.166. The summed E-state index contributed by atoms with van der Waals surface area (Å²) in [6.07, 6.45) is 5.37. The van der Waals surface area contributed by atoms with Gasteiger partial charge in [-0.15, -0.1) is 0 Å². The molecule has 0 aromatic rings. The first kappa shape index (κ1) is 10.0. The molecule has 1 rings (SSSR count). The van der Waals surface area contributed by atoms with E-state index in [-0.39, 0.29) is 0 Å². The van der Waals surface area contributed by atoms with E-state index in [9.17, 15) is 0 Å². The molecule has 3 N–H and O–H groups in total. The van der Waals surface area contributed by atoms with Gasteiger partial charge in [0.2, 0.25) is 0 Å². The molecule has 0 radical (unpaired) electrons. The molecule has 12 heavy (non-hydrogen) atoms. The summed E-state index contributed by atoms with van der Waals surface area (Å²) in [7, 11) is 0. The topological polar surface area (TPSA) is 38.0 Å².